The summed E-state index contributed by atoms with van der Waals surface area (Å²) in [5.41, 5.74) is 0. The molecular weight excluding hydrogens is 268 g/mol. The summed E-state index contributed by atoms with van der Waals surface area (Å²) in [6.07, 6.45) is 10.6. The maximum atomic E-state index is 10.7. The van der Waals surface area contributed by atoms with E-state index < -0.39 is 16.1 Å². The molecule has 0 rings (SSSR count). The van der Waals surface area contributed by atoms with E-state index in [-0.39, 0.29) is 13.0 Å². The maximum Gasteiger partial charge on any atom is 0.303 e. The minimum absolute atomic E-state index is 0.278. The minimum atomic E-state index is -3.28. The molecule has 6 heteroatoms. The maximum absolute atomic E-state index is 10.7. The second-order valence-corrected chi connectivity index (χ2v) is 6.50. The van der Waals surface area contributed by atoms with Gasteiger partial charge in [-0.2, -0.15) is 8.42 Å². The van der Waals surface area contributed by atoms with Crippen LogP contribution in [0.4, 0.5) is 0 Å². The molecule has 0 amide bonds. The molecule has 0 heterocycles. The van der Waals surface area contributed by atoms with E-state index in [1.54, 1.807) is 0 Å². The van der Waals surface area contributed by atoms with Gasteiger partial charge in [-0.1, -0.05) is 44.9 Å². The van der Waals surface area contributed by atoms with E-state index in [9.17, 15) is 13.2 Å². The van der Waals surface area contributed by atoms with Crippen LogP contribution in [0.2, 0.25) is 0 Å². The van der Waals surface area contributed by atoms with Crippen molar-refractivity contribution in [1.29, 1.82) is 0 Å². The molecular formula is C13H26O5S. The highest BCUT2D eigenvalue weighted by Crippen LogP contribution is 2.10. The molecule has 0 aromatic carbocycles. The molecule has 5 nitrogen and oxygen atoms in total. The van der Waals surface area contributed by atoms with Gasteiger partial charge >= 0.3 is 5.97 Å². The molecule has 0 aliphatic heterocycles. The zero-order chi connectivity index (χ0) is 14.6. The zero-order valence-corrected chi connectivity index (χ0v) is 12.6. The lowest BCUT2D eigenvalue weighted by Crippen LogP contribution is -2.03. The number of carboxylic acids is 1. The van der Waals surface area contributed by atoms with Gasteiger partial charge in [0.05, 0.1) is 12.9 Å². The third kappa shape index (κ3) is 17.4. The number of carboxylic acid groups (broad SMARTS) is 1. The van der Waals surface area contributed by atoms with Crippen LogP contribution in [0.1, 0.15) is 64.2 Å². The quantitative estimate of drug-likeness (QED) is 0.417. The molecule has 0 saturated carbocycles. The third-order valence-corrected chi connectivity index (χ3v) is 3.43. The first kappa shape index (κ1) is 18.4. The fourth-order valence-electron chi connectivity index (χ4n) is 1.83. The Morgan fingerprint density at radius 3 is 1.74 bits per heavy atom. The van der Waals surface area contributed by atoms with E-state index in [2.05, 4.69) is 4.18 Å². The zero-order valence-electron chi connectivity index (χ0n) is 11.8. The average molecular weight is 294 g/mol. The van der Waals surface area contributed by atoms with Crippen molar-refractivity contribution in [2.75, 3.05) is 12.9 Å². The molecule has 0 spiro atoms. The predicted octanol–water partition coefficient (Wildman–Crippen LogP) is 2.95. The van der Waals surface area contributed by atoms with Crippen LogP contribution in [0.5, 0.6) is 0 Å². The molecule has 0 aliphatic carbocycles. The van der Waals surface area contributed by atoms with Crippen molar-refractivity contribution in [3.05, 3.63) is 0 Å². The summed E-state index contributed by atoms with van der Waals surface area (Å²) in [7, 11) is -3.28. The number of hydrogen-bond acceptors (Lipinski definition) is 4. The van der Waals surface area contributed by atoms with Crippen molar-refractivity contribution >= 4 is 16.1 Å². The van der Waals surface area contributed by atoms with E-state index in [1.165, 1.54) is 6.42 Å². The Balaban J connectivity index is 3.09. The highest BCUT2D eigenvalue weighted by atomic mass is 32.2. The summed E-state index contributed by atoms with van der Waals surface area (Å²) < 4.78 is 26.0. The summed E-state index contributed by atoms with van der Waals surface area (Å²) in [6, 6.07) is 0. The second kappa shape index (κ2) is 11.2. The Morgan fingerprint density at radius 2 is 1.32 bits per heavy atom. The first-order chi connectivity index (χ1) is 8.92. The Hall–Kier alpha value is -0.620. The van der Waals surface area contributed by atoms with Gasteiger partial charge in [-0.05, 0) is 12.8 Å². The first-order valence-corrected chi connectivity index (χ1v) is 8.79. The lowest BCUT2D eigenvalue weighted by atomic mass is 10.1. The topological polar surface area (TPSA) is 80.7 Å². The van der Waals surface area contributed by atoms with Gasteiger partial charge < -0.3 is 5.11 Å². The van der Waals surface area contributed by atoms with Crippen LogP contribution in [0.15, 0.2) is 0 Å². The smallest absolute Gasteiger partial charge is 0.303 e. The van der Waals surface area contributed by atoms with Crippen molar-refractivity contribution in [1.82, 2.24) is 0 Å². The molecule has 19 heavy (non-hydrogen) atoms. The van der Waals surface area contributed by atoms with Crippen LogP contribution in [0.3, 0.4) is 0 Å². The van der Waals surface area contributed by atoms with E-state index in [0.717, 1.165) is 57.6 Å². The highest BCUT2D eigenvalue weighted by molar-refractivity contribution is 7.85. The van der Waals surface area contributed by atoms with E-state index in [1.807, 2.05) is 0 Å². The van der Waals surface area contributed by atoms with Gasteiger partial charge in [0.15, 0.2) is 0 Å². The summed E-state index contributed by atoms with van der Waals surface area (Å²) >= 11 is 0. The van der Waals surface area contributed by atoms with Gasteiger partial charge in [-0.3, -0.25) is 8.98 Å². The van der Waals surface area contributed by atoms with Gasteiger partial charge in [0, 0.05) is 6.42 Å². The lowest BCUT2D eigenvalue weighted by Gasteiger charge is -2.02. The van der Waals surface area contributed by atoms with Gasteiger partial charge in [0.25, 0.3) is 10.1 Å². The van der Waals surface area contributed by atoms with Crippen LogP contribution < -0.4 is 0 Å². The Kier molecular flexibility index (Phi) is 10.9. The van der Waals surface area contributed by atoms with Gasteiger partial charge in [0.1, 0.15) is 0 Å². The number of rotatable bonds is 13. The number of carbonyl (C=O) groups is 1. The van der Waals surface area contributed by atoms with Crippen LogP contribution >= 0.6 is 0 Å². The van der Waals surface area contributed by atoms with Gasteiger partial charge in [-0.15, -0.1) is 0 Å². The van der Waals surface area contributed by atoms with Crippen molar-refractivity contribution in [2.45, 2.75) is 64.2 Å². The van der Waals surface area contributed by atoms with E-state index in [0.29, 0.717) is 0 Å². The molecule has 0 unspecified atom stereocenters. The molecule has 1 N–H and O–H groups in total. The molecule has 0 atom stereocenters. The number of aliphatic carboxylic acids is 1. The predicted molar refractivity (Wildman–Crippen MR) is 74.6 cm³/mol. The summed E-state index contributed by atoms with van der Waals surface area (Å²) in [5, 5.41) is 8.46. The molecule has 114 valence electrons. The standard InChI is InChI=1S/C13H26O5S/c1-19(16,17)18-12-10-8-6-4-2-3-5-7-9-11-13(14)15/h2-12H2,1H3,(H,14,15). The summed E-state index contributed by atoms with van der Waals surface area (Å²) in [4.78, 5) is 10.3. The fraction of sp³-hybridized carbons (Fsp3) is 0.923. The van der Waals surface area contributed by atoms with Gasteiger partial charge in [-0.25, -0.2) is 0 Å². The van der Waals surface area contributed by atoms with Crippen molar-refractivity contribution in [3.63, 3.8) is 0 Å². The molecule has 0 aromatic heterocycles. The number of unbranched alkanes of at least 4 members (excludes halogenated alkanes) is 8. The molecule has 0 fully saturated rings. The van der Waals surface area contributed by atoms with Crippen molar-refractivity contribution in [2.24, 2.45) is 0 Å². The normalized spacial score (nSPS) is 11.6. The van der Waals surface area contributed by atoms with Crippen LogP contribution in [-0.4, -0.2) is 32.4 Å². The van der Waals surface area contributed by atoms with E-state index in [4.69, 9.17) is 5.11 Å². The van der Waals surface area contributed by atoms with Crippen molar-refractivity contribution in [3.8, 4) is 0 Å². The second-order valence-electron chi connectivity index (χ2n) is 4.85. The van der Waals surface area contributed by atoms with Crippen LogP contribution in [0.25, 0.3) is 0 Å². The summed E-state index contributed by atoms with van der Waals surface area (Å²) in [6.45, 7) is 0.286. The fourth-order valence-corrected chi connectivity index (χ4v) is 2.25. The SMILES string of the molecule is CS(=O)(=O)OCCCCCCCCCCCC(=O)O. The average Bonchev–Trinajstić information content (AvgIpc) is 2.28. The monoisotopic (exact) mass is 294 g/mol. The summed E-state index contributed by atoms with van der Waals surface area (Å²) in [5.74, 6) is -0.712. The first-order valence-electron chi connectivity index (χ1n) is 6.98. The minimum Gasteiger partial charge on any atom is -0.481 e. The Bertz CT molecular complexity index is 324. The van der Waals surface area contributed by atoms with E-state index >= 15 is 0 Å². The molecule has 0 aliphatic rings. The van der Waals surface area contributed by atoms with Crippen molar-refractivity contribution < 1.29 is 22.5 Å². The van der Waals surface area contributed by atoms with Crippen LogP contribution in [0, 0.1) is 0 Å². The molecule has 0 aromatic rings. The largest absolute Gasteiger partial charge is 0.481 e. The third-order valence-electron chi connectivity index (χ3n) is 2.83. The Morgan fingerprint density at radius 1 is 0.895 bits per heavy atom. The van der Waals surface area contributed by atoms with Crippen LogP contribution in [-0.2, 0) is 19.1 Å². The van der Waals surface area contributed by atoms with Gasteiger partial charge in [0.2, 0.25) is 0 Å². The molecule has 0 bridgehead atoms. The lowest BCUT2D eigenvalue weighted by molar-refractivity contribution is -0.137. The molecule has 0 saturated heterocycles. The molecule has 0 radical (unpaired) electrons. The highest BCUT2D eigenvalue weighted by Gasteiger charge is 2.00. The number of hydrogen-bond donors (Lipinski definition) is 1. The Labute approximate surface area is 116 Å².